The van der Waals surface area contributed by atoms with Crippen molar-refractivity contribution in [3.63, 3.8) is 0 Å². The number of halogens is 4. The van der Waals surface area contributed by atoms with Crippen LogP contribution in [0, 0.1) is 12.7 Å². The second-order valence-corrected chi connectivity index (χ2v) is 9.34. The quantitative estimate of drug-likeness (QED) is 0.469. The first kappa shape index (κ1) is 24.8. The Labute approximate surface area is 203 Å². The molecule has 1 atom stereocenters. The summed E-state index contributed by atoms with van der Waals surface area (Å²) in [5.74, 6) is -0.00555. The van der Waals surface area contributed by atoms with Gasteiger partial charge in [0.25, 0.3) is 5.91 Å². The van der Waals surface area contributed by atoms with Gasteiger partial charge < -0.3 is 10.3 Å². The molecule has 0 aliphatic carbocycles. The summed E-state index contributed by atoms with van der Waals surface area (Å²) in [6.07, 6.45) is -2.34. The van der Waals surface area contributed by atoms with Crippen LogP contribution in [0.1, 0.15) is 39.7 Å². The van der Waals surface area contributed by atoms with Crippen molar-refractivity contribution in [1.29, 1.82) is 0 Å². The van der Waals surface area contributed by atoms with Crippen molar-refractivity contribution >= 4 is 17.7 Å². The van der Waals surface area contributed by atoms with Gasteiger partial charge in [-0.3, -0.25) is 14.3 Å². The van der Waals surface area contributed by atoms with E-state index in [2.05, 4.69) is 23.6 Å². The van der Waals surface area contributed by atoms with Gasteiger partial charge in [0.2, 0.25) is 0 Å². The minimum absolute atomic E-state index is 0.0603. The fourth-order valence-electron chi connectivity index (χ4n) is 3.94. The Kier molecular flexibility index (Phi) is 6.93. The second-order valence-electron chi connectivity index (χ2n) is 8.32. The van der Waals surface area contributed by atoms with Gasteiger partial charge in [-0.1, -0.05) is 24.3 Å². The first-order valence-corrected chi connectivity index (χ1v) is 11.9. The summed E-state index contributed by atoms with van der Waals surface area (Å²) in [4.78, 5) is 25.6. The van der Waals surface area contributed by atoms with E-state index >= 15 is 0 Å². The van der Waals surface area contributed by atoms with Crippen LogP contribution in [0.4, 0.5) is 17.6 Å². The van der Waals surface area contributed by atoms with Gasteiger partial charge in [0, 0.05) is 28.5 Å². The lowest BCUT2D eigenvalue weighted by Crippen LogP contribution is -2.54. The van der Waals surface area contributed by atoms with Crippen molar-refractivity contribution in [2.75, 3.05) is 12.1 Å². The molecule has 0 saturated carbocycles. The van der Waals surface area contributed by atoms with Crippen molar-refractivity contribution in [2.45, 2.75) is 43.1 Å². The number of aromatic nitrogens is 1. The lowest BCUT2D eigenvalue weighted by atomic mass is 10.0. The van der Waals surface area contributed by atoms with Crippen LogP contribution in [0.5, 0.6) is 0 Å². The summed E-state index contributed by atoms with van der Waals surface area (Å²) in [5, 5.41) is 0. The third-order valence-electron chi connectivity index (χ3n) is 6.06. The maximum absolute atomic E-state index is 13.2. The van der Waals surface area contributed by atoms with Gasteiger partial charge in [-0.25, -0.2) is 4.39 Å². The van der Waals surface area contributed by atoms with Crippen molar-refractivity contribution < 1.29 is 22.4 Å². The fraction of sp³-hybridized carbons (Fsp3) is 0.280. The van der Waals surface area contributed by atoms with Crippen LogP contribution in [0.15, 0.2) is 64.4 Å². The molecule has 0 unspecified atom stereocenters. The van der Waals surface area contributed by atoms with Gasteiger partial charge in [0.1, 0.15) is 24.2 Å². The molecule has 0 spiro atoms. The third-order valence-corrected chi connectivity index (χ3v) is 7.23. The number of amides is 1. The molecular formula is C25H23F4N3O2S. The Balaban J connectivity index is 0.000000167. The molecule has 3 heterocycles. The number of nitrogens with one attached hydrogen (secondary N) is 1. The highest BCUT2D eigenvalue weighted by Gasteiger charge is 2.44. The zero-order chi connectivity index (χ0) is 25.3. The summed E-state index contributed by atoms with van der Waals surface area (Å²) in [6.45, 7) is 2.05. The molecule has 184 valence electrons. The number of hydrogen-bond donors (Lipinski definition) is 1. The Morgan fingerprint density at radius 2 is 1.77 bits per heavy atom. The van der Waals surface area contributed by atoms with Gasteiger partial charge in [0.15, 0.2) is 5.43 Å². The average Bonchev–Trinajstić information content (AvgIpc) is 3.00. The van der Waals surface area contributed by atoms with E-state index in [0.717, 1.165) is 24.7 Å². The highest BCUT2D eigenvalue weighted by Crippen LogP contribution is 2.33. The molecule has 0 fully saturated rings. The van der Waals surface area contributed by atoms with Crippen LogP contribution < -0.4 is 10.9 Å². The lowest BCUT2D eigenvalue weighted by Gasteiger charge is -2.36. The third kappa shape index (κ3) is 5.22. The summed E-state index contributed by atoms with van der Waals surface area (Å²) in [6, 6.07) is 12.8. The minimum atomic E-state index is -4.51. The summed E-state index contributed by atoms with van der Waals surface area (Å²) in [7, 11) is 0. The molecule has 3 aromatic rings. The highest BCUT2D eigenvalue weighted by atomic mass is 32.2. The highest BCUT2D eigenvalue weighted by molar-refractivity contribution is 7.98. The van der Waals surface area contributed by atoms with Gasteiger partial charge >= 0.3 is 6.18 Å². The van der Waals surface area contributed by atoms with Crippen molar-refractivity contribution in [3.05, 3.63) is 98.7 Å². The van der Waals surface area contributed by atoms with E-state index in [9.17, 15) is 27.2 Å². The molecule has 1 aromatic heterocycles. The monoisotopic (exact) mass is 505 g/mol. The molecule has 1 amide bonds. The SMILES string of the molecule is Cc1c2n(ccc1=O)NCN([C@@H](C)C(F)(F)F)C2=O.Fc1ccc2c(c1)Cc1ccccc1SC2. The predicted molar refractivity (Wildman–Crippen MR) is 127 cm³/mol. The molecule has 10 heteroatoms. The van der Waals surface area contributed by atoms with Gasteiger partial charge in [-0.2, -0.15) is 13.2 Å². The van der Waals surface area contributed by atoms with Crippen LogP contribution >= 0.6 is 11.8 Å². The van der Waals surface area contributed by atoms with Crippen LogP contribution in [0.2, 0.25) is 0 Å². The summed E-state index contributed by atoms with van der Waals surface area (Å²) in [5.41, 5.74) is 6.00. The summed E-state index contributed by atoms with van der Waals surface area (Å²) >= 11 is 1.84. The van der Waals surface area contributed by atoms with Gasteiger partial charge in [0.05, 0.1) is 0 Å². The van der Waals surface area contributed by atoms with E-state index in [4.69, 9.17) is 0 Å². The molecule has 0 radical (unpaired) electrons. The number of carbonyl (C=O) groups excluding carboxylic acids is 1. The predicted octanol–water partition coefficient (Wildman–Crippen LogP) is 5.09. The Hall–Kier alpha value is -3.27. The normalized spacial score (nSPS) is 15.5. The topological polar surface area (TPSA) is 54.3 Å². The zero-order valence-corrected chi connectivity index (χ0v) is 19.8. The molecule has 2 aromatic carbocycles. The first-order valence-electron chi connectivity index (χ1n) is 10.9. The standard InChI is InChI=1S/C14H11FS.C11H12F3N3O2/c15-13-6-5-11-9-16-14-4-2-1-3-10(14)7-12(11)8-13;1-6-8(18)3-4-17-9(6)10(19)16(5-15-17)7(2)11(12,13)14/h1-6,8H,7,9H2;3-4,7,15H,5H2,1-2H3/t;7-/m.0/s1. The van der Waals surface area contributed by atoms with E-state index in [1.807, 2.05) is 23.9 Å². The number of nitrogens with zero attached hydrogens (tertiary/aromatic N) is 2. The zero-order valence-electron chi connectivity index (χ0n) is 19.0. The number of hydrogen-bond acceptors (Lipinski definition) is 4. The smallest absolute Gasteiger partial charge is 0.307 e. The molecule has 35 heavy (non-hydrogen) atoms. The Bertz CT molecular complexity index is 1320. The minimum Gasteiger partial charge on any atom is -0.307 e. The van der Waals surface area contributed by atoms with Crippen LogP contribution in [0.25, 0.3) is 0 Å². The molecular weight excluding hydrogens is 482 g/mol. The van der Waals surface area contributed by atoms with Gasteiger partial charge in [-0.05, 0) is 55.2 Å². The van der Waals surface area contributed by atoms with E-state index in [-0.39, 0.29) is 29.2 Å². The number of carbonyl (C=O) groups is 1. The van der Waals surface area contributed by atoms with Crippen molar-refractivity contribution in [3.8, 4) is 0 Å². The molecule has 2 aliphatic heterocycles. The molecule has 0 bridgehead atoms. The van der Waals surface area contributed by atoms with Crippen molar-refractivity contribution in [1.82, 2.24) is 9.58 Å². The van der Waals surface area contributed by atoms with Gasteiger partial charge in [-0.15, -0.1) is 11.8 Å². The first-order chi connectivity index (χ1) is 16.6. The lowest BCUT2D eigenvalue weighted by molar-refractivity contribution is -0.172. The van der Waals surface area contributed by atoms with E-state index < -0.39 is 18.1 Å². The number of alkyl halides is 3. The molecule has 0 saturated heterocycles. The second kappa shape index (κ2) is 9.77. The van der Waals surface area contributed by atoms with E-state index in [0.29, 0.717) is 4.90 Å². The number of thioether (sulfide) groups is 1. The Morgan fingerprint density at radius 3 is 2.51 bits per heavy atom. The molecule has 1 N–H and O–H groups in total. The average molecular weight is 506 g/mol. The number of fused-ring (bicyclic) bond motifs is 3. The van der Waals surface area contributed by atoms with Crippen LogP contribution in [0.3, 0.4) is 0 Å². The fourth-order valence-corrected chi connectivity index (χ4v) is 5.03. The summed E-state index contributed by atoms with van der Waals surface area (Å²) < 4.78 is 52.5. The molecule has 5 nitrogen and oxygen atoms in total. The molecule has 2 aliphatic rings. The molecule has 5 rings (SSSR count). The van der Waals surface area contributed by atoms with Crippen LogP contribution in [-0.4, -0.2) is 34.4 Å². The number of benzene rings is 2. The maximum Gasteiger partial charge on any atom is 0.408 e. The number of pyridine rings is 1. The van der Waals surface area contributed by atoms with E-state index in [1.165, 1.54) is 39.9 Å². The van der Waals surface area contributed by atoms with E-state index in [1.54, 1.807) is 12.1 Å². The Morgan fingerprint density at radius 1 is 1.03 bits per heavy atom. The van der Waals surface area contributed by atoms with Crippen molar-refractivity contribution in [2.24, 2.45) is 0 Å². The maximum atomic E-state index is 13.2. The van der Waals surface area contributed by atoms with Crippen LogP contribution in [-0.2, 0) is 12.2 Å². The number of rotatable bonds is 1. The largest absolute Gasteiger partial charge is 0.408 e.